The topological polar surface area (TPSA) is 114 Å². The van der Waals surface area contributed by atoms with Crippen molar-refractivity contribution in [1.29, 1.82) is 0 Å². The average Bonchev–Trinajstić information content (AvgIpc) is 3.01. The van der Waals surface area contributed by atoms with Gasteiger partial charge in [0, 0.05) is 38.9 Å². The van der Waals surface area contributed by atoms with Gasteiger partial charge in [0.05, 0.1) is 17.8 Å². The minimum atomic E-state index is -0.652. The number of aryl methyl sites for hydroxylation is 1. The van der Waals surface area contributed by atoms with E-state index in [2.05, 4.69) is 16.3 Å². The molecule has 2 atom stereocenters. The minimum absolute atomic E-state index is 0.0691. The van der Waals surface area contributed by atoms with E-state index in [1.165, 1.54) is 5.56 Å². The van der Waals surface area contributed by atoms with Gasteiger partial charge in [-0.05, 0) is 97.4 Å². The Hall–Kier alpha value is -3.86. The Morgan fingerprint density at radius 1 is 0.936 bits per heavy atom. The molecule has 1 saturated heterocycles. The summed E-state index contributed by atoms with van der Waals surface area (Å²) in [5.74, 6) is 0. The molecule has 1 aliphatic heterocycles. The highest BCUT2D eigenvalue weighted by Crippen LogP contribution is 2.34. The third kappa shape index (κ3) is 11.4. The van der Waals surface area contributed by atoms with Crippen LogP contribution in [0.15, 0.2) is 48.7 Å². The van der Waals surface area contributed by atoms with Gasteiger partial charge in [-0.15, -0.1) is 0 Å². The molecule has 0 spiro atoms. The van der Waals surface area contributed by atoms with Crippen LogP contribution in [0.25, 0.3) is 0 Å². The molecule has 2 aliphatic rings. The predicted molar refractivity (Wildman–Crippen MR) is 180 cm³/mol. The molecular weight excluding hydrogens is 598 g/mol. The van der Waals surface area contributed by atoms with Crippen molar-refractivity contribution in [2.45, 2.75) is 104 Å². The number of aromatic nitrogens is 1. The normalized spacial score (nSPS) is 18.4. The molecule has 0 bridgehead atoms. The van der Waals surface area contributed by atoms with Crippen LogP contribution < -0.4 is 5.32 Å². The van der Waals surface area contributed by atoms with Crippen molar-refractivity contribution in [1.82, 2.24) is 25.0 Å². The fourth-order valence-corrected chi connectivity index (χ4v) is 6.08. The molecule has 258 valence electrons. The number of nitrogens with one attached hydrogen (secondary N) is 1. The van der Waals surface area contributed by atoms with Gasteiger partial charge < -0.3 is 29.3 Å². The summed E-state index contributed by atoms with van der Waals surface area (Å²) in [4.78, 5) is 49.6. The lowest BCUT2D eigenvalue weighted by Crippen LogP contribution is -2.60. The zero-order valence-electron chi connectivity index (χ0n) is 29.0. The van der Waals surface area contributed by atoms with Crippen LogP contribution in [-0.2, 0) is 27.2 Å². The number of carbonyl (C=O) groups is 3. The van der Waals surface area contributed by atoms with E-state index >= 15 is 0 Å². The number of hydrogen-bond acceptors (Lipinski definition) is 8. The molecule has 0 radical (unpaired) electrons. The largest absolute Gasteiger partial charge is 0.445 e. The molecule has 1 aromatic heterocycles. The van der Waals surface area contributed by atoms with Crippen LogP contribution in [0, 0.1) is 0 Å². The molecular formula is C36H53N5O6. The molecule has 11 nitrogen and oxygen atoms in total. The summed E-state index contributed by atoms with van der Waals surface area (Å²) in [6.07, 6.45) is 5.19. The molecule has 2 heterocycles. The molecule has 11 heteroatoms. The van der Waals surface area contributed by atoms with Gasteiger partial charge in [0.1, 0.15) is 17.8 Å². The molecule has 1 aliphatic carbocycles. The highest BCUT2D eigenvalue weighted by atomic mass is 16.6. The number of fused-ring (bicyclic) bond motifs is 1. The van der Waals surface area contributed by atoms with E-state index in [1.54, 1.807) is 9.80 Å². The summed E-state index contributed by atoms with van der Waals surface area (Å²) >= 11 is 0. The number of nitrogens with zero attached hydrogens (tertiary/aromatic N) is 4. The van der Waals surface area contributed by atoms with Gasteiger partial charge >= 0.3 is 18.3 Å². The van der Waals surface area contributed by atoms with Crippen LogP contribution in [0.5, 0.6) is 0 Å². The van der Waals surface area contributed by atoms with E-state index in [9.17, 15) is 14.4 Å². The van der Waals surface area contributed by atoms with Gasteiger partial charge in [0.2, 0.25) is 0 Å². The van der Waals surface area contributed by atoms with Gasteiger partial charge in [0.15, 0.2) is 0 Å². The lowest BCUT2D eigenvalue weighted by atomic mass is 9.90. The number of amides is 3. The number of piperazine rings is 1. The monoisotopic (exact) mass is 651 g/mol. The van der Waals surface area contributed by atoms with Gasteiger partial charge in [-0.3, -0.25) is 9.88 Å². The Morgan fingerprint density at radius 2 is 1.68 bits per heavy atom. The molecule has 4 rings (SSSR count). The third-order valence-corrected chi connectivity index (χ3v) is 8.17. The number of carbonyl (C=O) groups excluding carboxylic acids is 3. The van der Waals surface area contributed by atoms with Crippen molar-refractivity contribution in [2.75, 3.05) is 39.3 Å². The number of benzene rings is 1. The maximum absolute atomic E-state index is 13.5. The van der Waals surface area contributed by atoms with Gasteiger partial charge in [-0.25, -0.2) is 14.4 Å². The van der Waals surface area contributed by atoms with E-state index in [4.69, 9.17) is 19.2 Å². The summed E-state index contributed by atoms with van der Waals surface area (Å²) in [6, 6.07) is 13.5. The van der Waals surface area contributed by atoms with Gasteiger partial charge in [0.25, 0.3) is 0 Å². The molecule has 1 N–H and O–H groups in total. The SMILES string of the molecule is CC(C)(C)OC(=O)NCCCCN(C[C@@H]1CN(C(=O)OCc2ccccc2)CCN1C(=O)OC(C)(C)C)[C@H]1CCCc2cccnc21. The zero-order valence-corrected chi connectivity index (χ0v) is 29.0. The van der Waals surface area contributed by atoms with Crippen molar-refractivity contribution in [2.24, 2.45) is 0 Å². The van der Waals surface area contributed by atoms with E-state index in [0.717, 1.165) is 49.9 Å². The van der Waals surface area contributed by atoms with Gasteiger partial charge in [-0.2, -0.15) is 0 Å². The van der Waals surface area contributed by atoms with E-state index < -0.39 is 23.4 Å². The van der Waals surface area contributed by atoms with Crippen LogP contribution in [-0.4, -0.2) is 94.5 Å². The van der Waals surface area contributed by atoms with Crippen LogP contribution in [0.2, 0.25) is 0 Å². The molecule has 0 saturated carbocycles. The minimum Gasteiger partial charge on any atom is -0.445 e. The standard InChI is InChI=1S/C36H53N5O6/c1-35(2,3)46-32(42)38-19-10-11-21-39(30-18-12-16-28-17-13-20-37-31(28)30)24-29-25-40(22-23-41(29)34(44)47-36(4,5)6)33(43)45-26-27-14-8-7-9-15-27/h7-9,13-15,17,20,29-30H,10-12,16,18-19,21-26H2,1-6H3,(H,38,42)/t29-,30+/m1/s1. The molecule has 0 unspecified atom stereocenters. The number of pyridine rings is 1. The Balaban J connectivity index is 1.50. The first-order valence-corrected chi connectivity index (χ1v) is 16.9. The van der Waals surface area contributed by atoms with Crippen molar-refractivity contribution in [3.05, 3.63) is 65.5 Å². The summed E-state index contributed by atoms with van der Waals surface area (Å²) in [7, 11) is 0. The highest BCUT2D eigenvalue weighted by Gasteiger charge is 2.38. The smallest absolute Gasteiger partial charge is 0.410 e. The van der Waals surface area contributed by atoms with Crippen LogP contribution in [0.1, 0.15) is 90.1 Å². The van der Waals surface area contributed by atoms with Crippen LogP contribution in [0.4, 0.5) is 14.4 Å². The lowest BCUT2D eigenvalue weighted by molar-refractivity contribution is -0.0124. The van der Waals surface area contributed by atoms with Crippen molar-refractivity contribution >= 4 is 18.3 Å². The Kier molecular flexibility index (Phi) is 12.5. The molecule has 2 aromatic rings. The number of hydrogen-bond donors (Lipinski definition) is 1. The Morgan fingerprint density at radius 3 is 2.40 bits per heavy atom. The fraction of sp³-hybridized carbons (Fsp3) is 0.611. The molecule has 1 aromatic carbocycles. The Labute approximate surface area is 279 Å². The second kappa shape index (κ2) is 16.3. The first kappa shape index (κ1) is 36.0. The Bertz CT molecular complexity index is 1330. The van der Waals surface area contributed by atoms with Crippen LogP contribution >= 0.6 is 0 Å². The summed E-state index contributed by atoms with van der Waals surface area (Å²) in [5.41, 5.74) is 2.04. The maximum atomic E-state index is 13.5. The number of unbranched alkanes of at least 4 members (excludes halogenated alkanes) is 1. The van der Waals surface area contributed by atoms with E-state index in [0.29, 0.717) is 32.7 Å². The quantitative estimate of drug-likeness (QED) is 0.235. The maximum Gasteiger partial charge on any atom is 0.410 e. The molecule has 3 amide bonds. The number of ether oxygens (including phenoxy) is 3. The number of rotatable bonds is 10. The first-order valence-electron chi connectivity index (χ1n) is 16.9. The van der Waals surface area contributed by atoms with Crippen molar-refractivity contribution in [3.63, 3.8) is 0 Å². The highest BCUT2D eigenvalue weighted by molar-refractivity contribution is 5.71. The third-order valence-electron chi connectivity index (χ3n) is 8.17. The zero-order chi connectivity index (χ0) is 34.0. The van der Waals surface area contributed by atoms with Crippen molar-refractivity contribution in [3.8, 4) is 0 Å². The predicted octanol–water partition coefficient (Wildman–Crippen LogP) is 6.32. The van der Waals surface area contributed by atoms with Crippen molar-refractivity contribution < 1.29 is 28.6 Å². The molecule has 1 fully saturated rings. The van der Waals surface area contributed by atoms with E-state index in [1.807, 2.05) is 84.1 Å². The second-order valence-electron chi connectivity index (χ2n) is 14.4. The summed E-state index contributed by atoms with van der Waals surface area (Å²) < 4.78 is 16.9. The second-order valence-corrected chi connectivity index (χ2v) is 14.4. The number of alkyl carbamates (subject to hydrolysis) is 1. The lowest BCUT2D eigenvalue weighted by Gasteiger charge is -2.44. The molecule has 47 heavy (non-hydrogen) atoms. The summed E-state index contributed by atoms with van der Waals surface area (Å²) in [6.45, 7) is 14.1. The average molecular weight is 652 g/mol. The van der Waals surface area contributed by atoms with E-state index in [-0.39, 0.29) is 24.8 Å². The fourth-order valence-electron chi connectivity index (χ4n) is 6.08. The van der Waals surface area contributed by atoms with Gasteiger partial charge in [-0.1, -0.05) is 36.4 Å². The first-order chi connectivity index (χ1) is 22.3. The summed E-state index contributed by atoms with van der Waals surface area (Å²) in [5, 5.41) is 2.86. The van der Waals surface area contributed by atoms with Crippen LogP contribution in [0.3, 0.4) is 0 Å².